The molecule has 0 unspecified atom stereocenters. The second kappa shape index (κ2) is 6.42. The van der Waals surface area contributed by atoms with Crippen molar-refractivity contribution >= 4 is 11.9 Å². The van der Waals surface area contributed by atoms with Crippen molar-refractivity contribution in [1.82, 2.24) is 5.32 Å². The first kappa shape index (κ1) is 17.1. The van der Waals surface area contributed by atoms with Crippen molar-refractivity contribution in [1.29, 1.82) is 5.26 Å². The van der Waals surface area contributed by atoms with Crippen molar-refractivity contribution in [3.05, 3.63) is 35.4 Å². The van der Waals surface area contributed by atoms with Crippen LogP contribution in [-0.4, -0.2) is 23.0 Å². The summed E-state index contributed by atoms with van der Waals surface area (Å²) < 4.78 is 0. The highest BCUT2D eigenvalue weighted by atomic mass is 16.4. The zero-order chi connectivity index (χ0) is 18.3. The normalized spacial score (nSPS) is 32.7. The van der Waals surface area contributed by atoms with Crippen LogP contribution in [0.25, 0.3) is 0 Å². The molecule has 1 aromatic carbocycles. The number of carboxylic acid groups (broad SMARTS) is 1. The first-order valence-corrected chi connectivity index (χ1v) is 9.50. The van der Waals surface area contributed by atoms with Crippen molar-refractivity contribution in [2.45, 2.75) is 51.0 Å². The van der Waals surface area contributed by atoms with Crippen LogP contribution in [0.2, 0.25) is 0 Å². The Labute approximate surface area is 153 Å². The number of benzene rings is 1. The zero-order valence-corrected chi connectivity index (χ0v) is 14.8. The van der Waals surface area contributed by atoms with Gasteiger partial charge in [0.25, 0.3) is 0 Å². The second-order valence-corrected chi connectivity index (χ2v) is 8.58. The lowest BCUT2D eigenvalue weighted by atomic mass is 9.49. The Morgan fingerprint density at radius 2 is 1.65 bits per heavy atom. The van der Waals surface area contributed by atoms with Crippen molar-refractivity contribution in [3.63, 3.8) is 0 Å². The van der Waals surface area contributed by atoms with Gasteiger partial charge in [0.05, 0.1) is 11.6 Å². The van der Waals surface area contributed by atoms with Crippen LogP contribution in [0.15, 0.2) is 24.3 Å². The van der Waals surface area contributed by atoms with E-state index in [-0.39, 0.29) is 17.7 Å². The van der Waals surface area contributed by atoms with Gasteiger partial charge in [0.2, 0.25) is 5.91 Å². The molecule has 5 nitrogen and oxygen atoms in total. The van der Waals surface area contributed by atoms with Gasteiger partial charge in [0.1, 0.15) is 6.04 Å². The largest absolute Gasteiger partial charge is 0.480 e. The smallest absolute Gasteiger partial charge is 0.326 e. The maximum atomic E-state index is 13.1. The molecular formula is C21H24N2O3. The Kier molecular flexibility index (Phi) is 4.22. The lowest BCUT2D eigenvalue weighted by molar-refractivity contribution is -0.151. The molecule has 0 heterocycles. The lowest BCUT2D eigenvalue weighted by Crippen LogP contribution is -2.56. The van der Waals surface area contributed by atoms with E-state index in [1.165, 1.54) is 19.3 Å². The maximum absolute atomic E-state index is 13.1. The van der Waals surface area contributed by atoms with Crippen LogP contribution in [0.3, 0.4) is 0 Å². The second-order valence-electron chi connectivity index (χ2n) is 8.58. The van der Waals surface area contributed by atoms with Gasteiger partial charge in [-0.3, -0.25) is 4.79 Å². The molecular weight excluding hydrogens is 328 g/mol. The molecule has 1 atom stereocenters. The van der Waals surface area contributed by atoms with Crippen molar-refractivity contribution < 1.29 is 14.7 Å². The number of nitrogens with one attached hydrogen (secondary N) is 1. The molecule has 1 aromatic rings. The van der Waals surface area contributed by atoms with Crippen molar-refractivity contribution in [2.75, 3.05) is 0 Å². The number of aliphatic carboxylic acids is 1. The van der Waals surface area contributed by atoms with E-state index in [1.54, 1.807) is 24.3 Å². The van der Waals surface area contributed by atoms with E-state index in [4.69, 9.17) is 5.26 Å². The molecule has 4 aliphatic rings. The highest BCUT2D eigenvalue weighted by molar-refractivity contribution is 5.88. The van der Waals surface area contributed by atoms with E-state index in [0.717, 1.165) is 24.8 Å². The van der Waals surface area contributed by atoms with Gasteiger partial charge in [0.15, 0.2) is 0 Å². The van der Waals surface area contributed by atoms with Crippen LogP contribution in [0.5, 0.6) is 0 Å². The van der Waals surface area contributed by atoms with Gasteiger partial charge in [-0.1, -0.05) is 12.1 Å². The molecule has 0 aliphatic heterocycles. The predicted octanol–water partition coefficient (Wildman–Crippen LogP) is 2.89. The minimum absolute atomic E-state index is 0.0577. The molecule has 0 saturated heterocycles. The predicted molar refractivity (Wildman–Crippen MR) is 95.0 cm³/mol. The molecule has 4 bridgehead atoms. The van der Waals surface area contributed by atoms with Gasteiger partial charge in [0, 0.05) is 11.8 Å². The number of hydrogen-bond donors (Lipinski definition) is 2. The molecule has 5 heteroatoms. The summed E-state index contributed by atoms with van der Waals surface area (Å²) in [5.74, 6) is 0.876. The van der Waals surface area contributed by atoms with Gasteiger partial charge in [-0.15, -0.1) is 0 Å². The summed E-state index contributed by atoms with van der Waals surface area (Å²) in [7, 11) is 0. The van der Waals surface area contributed by atoms with Gasteiger partial charge >= 0.3 is 5.97 Å². The molecule has 4 aliphatic carbocycles. The lowest BCUT2D eigenvalue weighted by Gasteiger charge is -2.55. The molecule has 136 valence electrons. The molecule has 2 N–H and O–H groups in total. The van der Waals surface area contributed by atoms with Crippen molar-refractivity contribution in [2.24, 2.45) is 23.2 Å². The Morgan fingerprint density at radius 3 is 2.12 bits per heavy atom. The third-order valence-electron chi connectivity index (χ3n) is 6.65. The molecule has 0 aromatic heterocycles. The SMILES string of the molecule is N#Cc1ccc(C[C@@H](NC(=O)C23CC4CC(CC(C4)C2)C3)C(=O)O)cc1. The third kappa shape index (κ3) is 3.09. The summed E-state index contributed by atoms with van der Waals surface area (Å²) in [6.45, 7) is 0. The monoisotopic (exact) mass is 352 g/mol. The van der Waals surface area contributed by atoms with Gasteiger partial charge in [-0.25, -0.2) is 4.79 Å². The van der Waals surface area contributed by atoms with E-state index in [2.05, 4.69) is 11.4 Å². The summed E-state index contributed by atoms with van der Waals surface area (Å²) in [6, 6.07) is 7.99. The van der Waals surface area contributed by atoms with Crippen molar-refractivity contribution in [3.8, 4) is 6.07 Å². The molecule has 4 fully saturated rings. The molecule has 4 saturated carbocycles. The molecule has 0 spiro atoms. The summed E-state index contributed by atoms with van der Waals surface area (Å²) in [6.07, 6.45) is 6.76. The van der Waals surface area contributed by atoms with Gasteiger partial charge in [-0.2, -0.15) is 5.26 Å². The molecule has 1 amide bonds. The first-order chi connectivity index (χ1) is 12.5. The van der Waals surface area contributed by atoms with E-state index >= 15 is 0 Å². The number of hydrogen-bond acceptors (Lipinski definition) is 3. The number of carbonyl (C=O) groups excluding carboxylic acids is 1. The average Bonchev–Trinajstić information content (AvgIpc) is 2.60. The minimum Gasteiger partial charge on any atom is -0.480 e. The summed E-state index contributed by atoms with van der Waals surface area (Å²) in [4.78, 5) is 24.8. The number of carboxylic acids is 1. The maximum Gasteiger partial charge on any atom is 0.326 e. The average molecular weight is 352 g/mol. The number of amides is 1. The Bertz CT molecular complexity index is 727. The Balaban J connectivity index is 1.47. The van der Waals surface area contributed by atoms with E-state index in [9.17, 15) is 14.7 Å². The van der Waals surface area contributed by atoms with E-state index in [0.29, 0.717) is 23.3 Å². The topological polar surface area (TPSA) is 90.2 Å². The number of nitriles is 1. The molecule has 26 heavy (non-hydrogen) atoms. The minimum atomic E-state index is -1.01. The first-order valence-electron chi connectivity index (χ1n) is 9.50. The highest BCUT2D eigenvalue weighted by Crippen LogP contribution is 2.60. The molecule has 5 rings (SSSR count). The Morgan fingerprint density at radius 1 is 1.12 bits per heavy atom. The van der Waals surface area contributed by atoms with Crippen LogP contribution in [0.4, 0.5) is 0 Å². The zero-order valence-electron chi connectivity index (χ0n) is 14.8. The van der Waals surface area contributed by atoms with Crippen LogP contribution >= 0.6 is 0 Å². The Hall–Kier alpha value is -2.35. The van der Waals surface area contributed by atoms with Crippen LogP contribution in [0, 0.1) is 34.5 Å². The third-order valence-corrected chi connectivity index (χ3v) is 6.65. The number of nitrogens with zero attached hydrogens (tertiary/aromatic N) is 1. The summed E-state index contributed by atoms with van der Waals surface area (Å²) in [5, 5.41) is 21.3. The van der Waals surface area contributed by atoms with Crippen LogP contribution in [-0.2, 0) is 16.0 Å². The fourth-order valence-electron chi connectivity index (χ4n) is 5.85. The quantitative estimate of drug-likeness (QED) is 0.852. The standard InChI is InChI=1S/C21H24N2O3/c22-12-14-3-1-13(2-4-14)8-18(19(24)25)23-20(26)21-9-15-5-16(10-21)7-17(6-15)11-21/h1-4,15-18H,5-11H2,(H,23,26)(H,24,25)/t15?,16?,17?,18-,21?/m1/s1. The van der Waals surface area contributed by atoms with Crippen LogP contribution < -0.4 is 5.32 Å². The fraction of sp³-hybridized carbons (Fsp3) is 0.571. The molecule has 0 radical (unpaired) electrons. The van der Waals surface area contributed by atoms with E-state index < -0.39 is 12.0 Å². The van der Waals surface area contributed by atoms with E-state index in [1.807, 2.05) is 0 Å². The highest BCUT2D eigenvalue weighted by Gasteiger charge is 2.54. The number of carbonyl (C=O) groups is 2. The van der Waals surface area contributed by atoms with Gasteiger partial charge in [-0.05, 0) is 74.0 Å². The fourth-order valence-corrected chi connectivity index (χ4v) is 5.85. The van der Waals surface area contributed by atoms with Gasteiger partial charge < -0.3 is 10.4 Å². The summed E-state index contributed by atoms with van der Waals surface area (Å²) >= 11 is 0. The van der Waals surface area contributed by atoms with Crippen LogP contribution in [0.1, 0.15) is 49.7 Å². The summed E-state index contributed by atoms with van der Waals surface area (Å²) in [5.41, 5.74) is 1.01. The number of rotatable bonds is 5.